The quantitative estimate of drug-likeness (QED) is 0.144. The Morgan fingerprint density at radius 1 is 0.159 bits per heavy atom. The van der Waals surface area contributed by atoms with E-state index in [0.29, 0.717) is 5.95 Å². The van der Waals surface area contributed by atoms with Crippen molar-refractivity contribution < 1.29 is 0 Å². The van der Waals surface area contributed by atoms with Gasteiger partial charge in [-0.1, -0.05) is 340 Å². The average molecular weight is 1680 g/mol. The molecule has 20 aromatic carbocycles. The Balaban J connectivity index is 0.0000001000. The van der Waals surface area contributed by atoms with Crippen LogP contribution in [0.15, 0.2) is 443 Å². The van der Waals surface area contributed by atoms with Crippen LogP contribution in [-0.4, -0.2) is 51.8 Å². The van der Waals surface area contributed by atoms with Crippen LogP contribution in [0.3, 0.4) is 0 Å². The molecule has 0 atom stereocenters. The highest BCUT2D eigenvalue weighted by Crippen LogP contribution is 2.52. The molecule has 0 N–H and O–H groups in total. The number of nitrogens with zero attached hydrogens (tertiary/aromatic N) is 11. The lowest BCUT2D eigenvalue weighted by molar-refractivity contribution is 0.996. The number of rotatable bonds is 9. The van der Waals surface area contributed by atoms with E-state index in [-0.39, 0.29) is 0 Å². The molecule has 132 heavy (non-hydrogen) atoms. The molecule has 0 radical (unpaired) electrons. The molecule has 11 heteroatoms. The summed E-state index contributed by atoms with van der Waals surface area (Å²) in [6.45, 7) is 0. The van der Waals surface area contributed by atoms with E-state index in [4.69, 9.17) is 24.9 Å². The standard InChI is InChI=1S/C45H27N5.C41H25N3.C35H21N3/c1-4-14-28(15-5-1)35-27-36(29-16-6-2-7-17-29)48-45(47-35)49-38-25-24-34-43-42(38)41-39(49)26-31-20-10-11-21-32(31)40(41)33-22-12-13-23-37(33)50(43)44(46-34)30-18-8-3-9-19-30;1-3-12-26(13-4-1)28-17-11-18-30(24-28)43-35-23-22-33-40-39(35)38-36(43)25-29-16-7-8-19-31(29)37(38)32-20-9-10-21-34(32)44(40)41(42-33)27-14-5-2-6-15-27;1-3-11-22(12-4-1)35-36-27-19-20-29-33-32-30(37(29)24-14-5-2-6-15-24)21-23-13-7-8-16-25(23)31(32)26-17-9-10-18-28(26)38(35)34(27)33/h1-27H;1-25H;1-21H. The first-order chi connectivity index (χ1) is 65.5. The fourth-order valence-electron chi connectivity index (χ4n) is 21.8. The maximum Gasteiger partial charge on any atom is 0.235 e. The molecule has 30 rings (SSSR count). The molecular formula is C121H73N11. The predicted octanol–water partition coefficient (Wildman–Crippen LogP) is 30.8. The molecule has 0 saturated heterocycles. The van der Waals surface area contributed by atoms with Gasteiger partial charge in [0.1, 0.15) is 17.5 Å². The zero-order chi connectivity index (χ0) is 86.3. The summed E-state index contributed by atoms with van der Waals surface area (Å²) in [5, 5.41) is 22.2. The second-order valence-corrected chi connectivity index (χ2v) is 34.5. The van der Waals surface area contributed by atoms with Crippen molar-refractivity contribution in [1.29, 1.82) is 0 Å². The van der Waals surface area contributed by atoms with Crippen molar-refractivity contribution in [3.63, 3.8) is 0 Å². The monoisotopic (exact) mass is 1680 g/mol. The van der Waals surface area contributed by atoms with Crippen LogP contribution in [0.2, 0.25) is 0 Å². The van der Waals surface area contributed by atoms with Crippen LogP contribution in [0.5, 0.6) is 0 Å². The summed E-state index contributed by atoms with van der Waals surface area (Å²) in [4.78, 5) is 26.5. The summed E-state index contributed by atoms with van der Waals surface area (Å²) < 4.78 is 14.3. The lowest BCUT2D eigenvalue weighted by Gasteiger charge is -2.13. The van der Waals surface area contributed by atoms with Crippen molar-refractivity contribution in [3.8, 4) is 85.1 Å². The molecule has 0 unspecified atom stereocenters. The Morgan fingerprint density at radius 3 is 0.826 bits per heavy atom. The molecule has 0 bridgehead atoms. The summed E-state index contributed by atoms with van der Waals surface area (Å²) in [5.41, 5.74) is 28.6. The Bertz CT molecular complexity index is 9830. The minimum atomic E-state index is 0.633. The van der Waals surface area contributed by atoms with Crippen LogP contribution in [-0.2, 0) is 0 Å². The van der Waals surface area contributed by atoms with Gasteiger partial charge >= 0.3 is 0 Å². The molecule has 10 heterocycles. The highest BCUT2D eigenvalue weighted by Gasteiger charge is 2.31. The number of para-hydroxylation sites is 4. The normalized spacial score (nSPS) is 12.1. The Morgan fingerprint density at radius 2 is 0.447 bits per heavy atom. The molecule has 30 aromatic rings. The van der Waals surface area contributed by atoms with E-state index in [1.165, 1.54) is 136 Å². The number of aromatic nitrogens is 11. The third kappa shape index (κ3) is 10.8. The van der Waals surface area contributed by atoms with Gasteiger partial charge < -0.3 is 9.13 Å². The Labute approximate surface area is 754 Å². The zero-order valence-electron chi connectivity index (χ0n) is 71.1. The molecule has 11 nitrogen and oxygen atoms in total. The van der Waals surface area contributed by atoms with E-state index >= 15 is 0 Å². The molecule has 0 spiro atoms. The number of hydrogen-bond acceptors (Lipinski definition) is 5. The third-order valence-corrected chi connectivity index (χ3v) is 27.3. The highest BCUT2D eigenvalue weighted by atomic mass is 15.2. The average Bonchev–Trinajstić information content (AvgIpc) is 1.53. The van der Waals surface area contributed by atoms with Crippen molar-refractivity contribution in [2.75, 3.05) is 0 Å². The summed E-state index contributed by atoms with van der Waals surface area (Å²) >= 11 is 0. The minimum Gasteiger partial charge on any atom is -0.309 e. The fourth-order valence-corrected chi connectivity index (χ4v) is 21.8. The van der Waals surface area contributed by atoms with E-state index in [0.717, 1.165) is 123 Å². The summed E-state index contributed by atoms with van der Waals surface area (Å²) in [6.07, 6.45) is 0. The zero-order valence-corrected chi connectivity index (χ0v) is 71.1. The molecular weight excluding hydrogens is 1610 g/mol. The smallest absolute Gasteiger partial charge is 0.235 e. The number of imidazole rings is 3. The van der Waals surface area contributed by atoms with Gasteiger partial charge in [0.15, 0.2) is 0 Å². The number of hydrogen-bond donors (Lipinski definition) is 0. The maximum absolute atomic E-state index is 5.33. The van der Waals surface area contributed by atoms with Crippen LogP contribution in [0.1, 0.15) is 0 Å². The van der Waals surface area contributed by atoms with Crippen LogP contribution >= 0.6 is 0 Å². The number of benzene rings is 20. The van der Waals surface area contributed by atoms with Crippen LogP contribution in [0.4, 0.5) is 0 Å². The second-order valence-electron chi connectivity index (χ2n) is 34.5. The highest BCUT2D eigenvalue weighted by molar-refractivity contribution is 6.39. The van der Waals surface area contributed by atoms with E-state index in [1.807, 2.05) is 12.1 Å². The Kier molecular flexibility index (Phi) is 16.0. The molecule has 0 fully saturated rings. The van der Waals surface area contributed by atoms with Gasteiger partial charge in [-0.15, -0.1) is 0 Å². The van der Waals surface area contributed by atoms with E-state index in [1.54, 1.807) is 0 Å². The summed E-state index contributed by atoms with van der Waals surface area (Å²) in [5.74, 6) is 3.49. The second kappa shape index (κ2) is 28.8. The van der Waals surface area contributed by atoms with Crippen molar-refractivity contribution in [1.82, 2.24) is 51.8 Å². The van der Waals surface area contributed by atoms with Gasteiger partial charge in [0.05, 0.1) is 94.1 Å². The summed E-state index contributed by atoms with van der Waals surface area (Å²) in [7, 11) is 0. The third-order valence-electron chi connectivity index (χ3n) is 27.3. The lowest BCUT2D eigenvalue weighted by Crippen LogP contribution is -2.04. The molecule has 0 aliphatic rings. The topological polar surface area (TPSA) is 92.5 Å². The van der Waals surface area contributed by atoms with Gasteiger partial charge in [-0.25, -0.2) is 24.9 Å². The predicted molar refractivity (Wildman–Crippen MR) is 548 cm³/mol. The van der Waals surface area contributed by atoms with Gasteiger partial charge in [0.2, 0.25) is 5.95 Å². The van der Waals surface area contributed by atoms with Crippen LogP contribution < -0.4 is 0 Å². The van der Waals surface area contributed by atoms with Gasteiger partial charge in [-0.05, 0) is 147 Å². The molecule has 0 aliphatic carbocycles. The number of fused-ring (bicyclic) bond motifs is 15. The van der Waals surface area contributed by atoms with E-state index < -0.39 is 0 Å². The van der Waals surface area contributed by atoms with Crippen molar-refractivity contribution in [3.05, 3.63) is 443 Å². The largest absolute Gasteiger partial charge is 0.309 e. The molecule has 0 aliphatic heterocycles. The van der Waals surface area contributed by atoms with Crippen molar-refractivity contribution in [2.24, 2.45) is 0 Å². The van der Waals surface area contributed by atoms with Gasteiger partial charge in [-0.3, -0.25) is 17.8 Å². The van der Waals surface area contributed by atoms with Gasteiger partial charge in [-0.2, -0.15) is 0 Å². The molecule has 0 saturated carbocycles. The first-order valence-electron chi connectivity index (χ1n) is 45.0. The first kappa shape index (κ1) is 73.3. The van der Waals surface area contributed by atoms with Crippen LogP contribution in [0, 0.1) is 0 Å². The van der Waals surface area contributed by atoms with Gasteiger partial charge in [0.25, 0.3) is 0 Å². The lowest BCUT2D eigenvalue weighted by atomic mass is 9.98. The van der Waals surface area contributed by atoms with E-state index in [9.17, 15) is 0 Å². The first-order valence-corrected chi connectivity index (χ1v) is 45.0. The summed E-state index contributed by atoms with van der Waals surface area (Å²) in [6, 6.07) is 158. The van der Waals surface area contributed by atoms with Crippen molar-refractivity contribution >= 4 is 180 Å². The molecule has 612 valence electrons. The maximum atomic E-state index is 5.33. The fraction of sp³-hybridized carbons (Fsp3) is 0. The minimum absolute atomic E-state index is 0.633. The molecule has 10 aromatic heterocycles. The Hall–Kier alpha value is -17.9. The SMILES string of the molecule is c1ccc(-c2cc(-c3ccccc3)nc(-n3c4cc5ccccc5c5c6ccccc6n6c(-c7ccccc7)nc7ccc3c(c54)c76)n2)cc1.c1ccc(-c2cccc(-n3c4cc5ccccc5c5c6ccccc6n6c(-c7ccccc7)nc7ccc3c(c54)c76)c2)cc1.c1ccc(-c2nc3ccc4c5c6c(c7ccccc7cc6n4-c4ccccc4)c4ccccc4n2c35)cc1. The van der Waals surface area contributed by atoms with Gasteiger partial charge in [0, 0.05) is 104 Å². The molecule has 0 amide bonds. The van der Waals surface area contributed by atoms with Crippen molar-refractivity contribution in [2.45, 2.75) is 0 Å². The van der Waals surface area contributed by atoms with Crippen LogP contribution in [0.25, 0.3) is 265 Å². The van der Waals surface area contributed by atoms with E-state index in [2.05, 4.69) is 458 Å².